The molecule has 3 aromatic carbocycles. The average Bonchev–Trinajstić information content (AvgIpc) is 2.85. The molecule has 1 saturated heterocycles. The van der Waals surface area contributed by atoms with E-state index in [4.69, 9.17) is 0 Å². The molecular formula is C28H26N2O2S. The first-order valence-electron chi connectivity index (χ1n) is 11.4. The van der Waals surface area contributed by atoms with Crippen molar-refractivity contribution < 1.29 is 9.59 Å². The highest BCUT2D eigenvalue weighted by Gasteiger charge is 2.26. The molecular weight excluding hydrogens is 428 g/mol. The van der Waals surface area contributed by atoms with Crippen LogP contribution >= 0.6 is 11.8 Å². The Morgan fingerprint density at radius 3 is 2.39 bits per heavy atom. The Balaban J connectivity index is 1.24. The standard InChI is InChI=1S/C28H26N2O2S/c31-27-26(18-21-9-5-2-6-10-21)33-25-12-11-23(19-24(25)29-27)28(32)30-15-13-22(14-16-30)17-20-7-3-1-4-8-20/h1-12,18-19,22H,13-17H2,(H,29,31)/b26-18-. The van der Waals surface area contributed by atoms with Crippen LogP contribution < -0.4 is 5.32 Å². The van der Waals surface area contributed by atoms with Crippen LogP contribution in [-0.4, -0.2) is 29.8 Å². The summed E-state index contributed by atoms with van der Waals surface area (Å²) in [6.07, 6.45) is 5.00. The monoisotopic (exact) mass is 454 g/mol. The first-order chi connectivity index (χ1) is 16.2. The fourth-order valence-corrected chi connectivity index (χ4v) is 5.40. The van der Waals surface area contributed by atoms with Crippen LogP contribution in [0.3, 0.4) is 0 Å². The van der Waals surface area contributed by atoms with Crippen LogP contribution in [0.1, 0.15) is 34.3 Å². The Bertz CT molecular complexity index is 1180. The summed E-state index contributed by atoms with van der Waals surface area (Å²) in [5, 5.41) is 2.96. The molecule has 1 fully saturated rings. The number of carbonyl (C=O) groups excluding carboxylic acids is 2. The van der Waals surface area contributed by atoms with Gasteiger partial charge in [-0.25, -0.2) is 0 Å². The summed E-state index contributed by atoms with van der Waals surface area (Å²) in [5.74, 6) is 0.522. The van der Waals surface area contributed by atoms with Crippen LogP contribution in [0.5, 0.6) is 0 Å². The summed E-state index contributed by atoms with van der Waals surface area (Å²) in [6.45, 7) is 1.55. The molecule has 0 atom stereocenters. The Morgan fingerprint density at radius 2 is 1.67 bits per heavy atom. The van der Waals surface area contributed by atoms with Gasteiger partial charge < -0.3 is 10.2 Å². The van der Waals surface area contributed by atoms with Crippen molar-refractivity contribution in [3.8, 4) is 0 Å². The highest BCUT2D eigenvalue weighted by atomic mass is 32.2. The third kappa shape index (κ3) is 5.04. The zero-order valence-electron chi connectivity index (χ0n) is 18.4. The van der Waals surface area contributed by atoms with Gasteiger partial charge in [0.15, 0.2) is 0 Å². The van der Waals surface area contributed by atoms with Crippen LogP contribution in [-0.2, 0) is 11.2 Å². The maximum absolute atomic E-state index is 13.1. The number of amides is 2. The fourth-order valence-electron chi connectivity index (χ4n) is 4.46. The Morgan fingerprint density at radius 1 is 0.970 bits per heavy atom. The number of likely N-dealkylation sites (tertiary alicyclic amines) is 1. The molecule has 0 aromatic heterocycles. The first kappa shape index (κ1) is 21.5. The van der Waals surface area contributed by atoms with Crippen LogP contribution in [0.2, 0.25) is 0 Å². The number of nitrogens with zero attached hydrogens (tertiary/aromatic N) is 1. The van der Waals surface area contributed by atoms with E-state index in [1.54, 1.807) is 0 Å². The molecule has 33 heavy (non-hydrogen) atoms. The molecule has 2 aliphatic rings. The molecule has 5 heteroatoms. The van der Waals surface area contributed by atoms with Gasteiger partial charge in [-0.15, -0.1) is 0 Å². The van der Waals surface area contributed by atoms with Crippen LogP contribution in [0.25, 0.3) is 6.08 Å². The minimum Gasteiger partial charge on any atom is -0.339 e. The van der Waals surface area contributed by atoms with E-state index in [9.17, 15) is 9.59 Å². The number of piperidine rings is 1. The van der Waals surface area contributed by atoms with Gasteiger partial charge in [-0.05, 0) is 60.6 Å². The van der Waals surface area contributed by atoms with Crippen molar-refractivity contribution in [3.05, 3.63) is 100 Å². The molecule has 2 amide bonds. The lowest BCUT2D eigenvalue weighted by Gasteiger charge is -2.32. The molecule has 2 heterocycles. The average molecular weight is 455 g/mol. The van der Waals surface area contributed by atoms with Gasteiger partial charge >= 0.3 is 0 Å². The van der Waals surface area contributed by atoms with E-state index in [1.165, 1.54) is 17.3 Å². The number of fused-ring (bicyclic) bond motifs is 1. The molecule has 5 rings (SSSR count). The maximum Gasteiger partial charge on any atom is 0.262 e. The van der Waals surface area contributed by atoms with E-state index < -0.39 is 0 Å². The van der Waals surface area contributed by atoms with Crippen LogP contribution in [0.15, 0.2) is 88.7 Å². The van der Waals surface area contributed by atoms with Gasteiger partial charge in [-0.3, -0.25) is 9.59 Å². The second-order valence-electron chi connectivity index (χ2n) is 8.61. The van der Waals surface area contributed by atoms with E-state index in [1.807, 2.05) is 65.6 Å². The highest BCUT2D eigenvalue weighted by molar-refractivity contribution is 8.04. The molecule has 0 unspecified atom stereocenters. The van der Waals surface area contributed by atoms with Gasteiger partial charge in [0.2, 0.25) is 0 Å². The van der Waals surface area contributed by atoms with Crippen LogP contribution in [0.4, 0.5) is 5.69 Å². The lowest BCUT2D eigenvalue weighted by atomic mass is 9.90. The SMILES string of the molecule is O=C1Nc2cc(C(=O)N3CCC(Cc4ccccc4)CC3)ccc2S/C1=C\c1ccccc1. The number of anilines is 1. The number of benzene rings is 3. The molecule has 1 N–H and O–H groups in total. The molecule has 166 valence electrons. The van der Waals surface area contributed by atoms with Gasteiger partial charge in [0.1, 0.15) is 0 Å². The Hall–Kier alpha value is -3.31. The molecule has 0 saturated carbocycles. The summed E-state index contributed by atoms with van der Waals surface area (Å²) in [5.41, 5.74) is 3.69. The zero-order chi connectivity index (χ0) is 22.6. The number of hydrogen-bond acceptors (Lipinski definition) is 3. The predicted molar refractivity (Wildman–Crippen MR) is 134 cm³/mol. The molecule has 2 aliphatic heterocycles. The van der Waals surface area contributed by atoms with E-state index >= 15 is 0 Å². The molecule has 0 radical (unpaired) electrons. The molecule has 3 aromatic rings. The first-order valence-corrected chi connectivity index (χ1v) is 12.2. The van der Waals surface area contributed by atoms with Crippen molar-refractivity contribution >= 4 is 35.3 Å². The largest absolute Gasteiger partial charge is 0.339 e. The van der Waals surface area contributed by atoms with Gasteiger partial charge in [-0.2, -0.15) is 0 Å². The molecule has 4 nitrogen and oxygen atoms in total. The second-order valence-corrected chi connectivity index (χ2v) is 9.70. The Labute approximate surface area is 198 Å². The van der Waals surface area contributed by atoms with Crippen molar-refractivity contribution in [2.45, 2.75) is 24.2 Å². The quantitative estimate of drug-likeness (QED) is 0.502. The Kier molecular flexibility index (Phi) is 6.31. The molecule has 0 bridgehead atoms. The summed E-state index contributed by atoms with van der Waals surface area (Å²) in [4.78, 5) is 29.3. The van der Waals surface area contributed by atoms with Crippen molar-refractivity contribution in [1.29, 1.82) is 0 Å². The minimum atomic E-state index is -0.136. The summed E-state index contributed by atoms with van der Waals surface area (Å²) < 4.78 is 0. The maximum atomic E-state index is 13.1. The lowest BCUT2D eigenvalue weighted by Crippen LogP contribution is -2.39. The number of nitrogens with one attached hydrogen (secondary N) is 1. The third-order valence-electron chi connectivity index (χ3n) is 6.28. The van der Waals surface area contributed by atoms with E-state index in [2.05, 4.69) is 29.6 Å². The summed E-state index contributed by atoms with van der Waals surface area (Å²) in [7, 11) is 0. The topological polar surface area (TPSA) is 49.4 Å². The third-order valence-corrected chi connectivity index (χ3v) is 7.38. The van der Waals surface area contributed by atoms with Gasteiger partial charge in [0.25, 0.3) is 11.8 Å². The number of thioether (sulfide) groups is 1. The highest BCUT2D eigenvalue weighted by Crippen LogP contribution is 2.39. The van der Waals surface area contributed by atoms with Gasteiger partial charge in [0.05, 0.1) is 10.6 Å². The van der Waals surface area contributed by atoms with Crippen molar-refractivity contribution in [3.63, 3.8) is 0 Å². The summed E-state index contributed by atoms with van der Waals surface area (Å²) >= 11 is 1.44. The van der Waals surface area contributed by atoms with E-state index in [-0.39, 0.29) is 11.8 Å². The molecule has 0 aliphatic carbocycles. The van der Waals surface area contributed by atoms with E-state index in [0.29, 0.717) is 22.1 Å². The number of rotatable bonds is 4. The van der Waals surface area contributed by atoms with Crippen molar-refractivity contribution in [2.24, 2.45) is 5.92 Å². The summed E-state index contributed by atoms with van der Waals surface area (Å²) in [6, 6.07) is 26.0. The fraction of sp³-hybridized carbons (Fsp3) is 0.214. The van der Waals surface area contributed by atoms with Crippen molar-refractivity contribution in [1.82, 2.24) is 4.90 Å². The zero-order valence-corrected chi connectivity index (χ0v) is 19.2. The predicted octanol–water partition coefficient (Wildman–Crippen LogP) is 5.87. The minimum absolute atomic E-state index is 0.0424. The number of carbonyl (C=O) groups is 2. The second kappa shape index (κ2) is 9.67. The normalized spacial score (nSPS) is 17.5. The van der Waals surface area contributed by atoms with Gasteiger partial charge in [-0.1, -0.05) is 72.4 Å². The molecule has 0 spiro atoms. The van der Waals surface area contributed by atoms with Crippen LogP contribution in [0, 0.1) is 5.92 Å². The van der Waals surface area contributed by atoms with E-state index in [0.717, 1.165) is 42.8 Å². The lowest BCUT2D eigenvalue weighted by molar-refractivity contribution is -0.112. The van der Waals surface area contributed by atoms with Crippen molar-refractivity contribution in [2.75, 3.05) is 18.4 Å². The smallest absolute Gasteiger partial charge is 0.262 e. The number of hydrogen-bond donors (Lipinski definition) is 1. The van der Waals surface area contributed by atoms with Gasteiger partial charge in [0, 0.05) is 23.5 Å².